The monoisotopic (exact) mass is 208 g/mol. The average Bonchev–Trinajstić information content (AvgIpc) is 2.26. The molecule has 82 valence electrons. The smallest absolute Gasteiger partial charge is 0.190 e. The van der Waals surface area contributed by atoms with Crippen molar-refractivity contribution in [2.24, 2.45) is 0 Å². The molecule has 0 heterocycles. The molecule has 1 atom stereocenters. The quantitative estimate of drug-likeness (QED) is 0.753. The zero-order chi connectivity index (χ0) is 11.3. The minimum absolute atomic E-state index is 0.267. The van der Waals surface area contributed by atoms with Crippen LogP contribution in [0.15, 0.2) is 24.3 Å². The first-order valence-electron chi connectivity index (χ1n) is 5.10. The lowest BCUT2D eigenvalue weighted by atomic mass is 10.1. The molecule has 0 radical (unpaired) electrons. The fourth-order valence-electron chi connectivity index (χ4n) is 1.18. The number of ether oxygens (including phenoxy) is 1. The summed E-state index contributed by atoms with van der Waals surface area (Å²) in [7, 11) is 0. The van der Waals surface area contributed by atoms with Gasteiger partial charge in [-0.15, -0.1) is 0 Å². The third-order valence-electron chi connectivity index (χ3n) is 1.99. The van der Waals surface area contributed by atoms with Gasteiger partial charge in [-0.25, -0.2) is 0 Å². The van der Waals surface area contributed by atoms with E-state index < -0.39 is 6.10 Å². The Morgan fingerprint density at radius 1 is 1.40 bits per heavy atom. The number of rotatable bonds is 5. The molecule has 0 aliphatic rings. The lowest BCUT2D eigenvalue weighted by Gasteiger charge is -2.06. The van der Waals surface area contributed by atoms with E-state index in [0.29, 0.717) is 12.2 Å². The Morgan fingerprint density at radius 2 is 2.00 bits per heavy atom. The Morgan fingerprint density at radius 3 is 2.47 bits per heavy atom. The van der Waals surface area contributed by atoms with Gasteiger partial charge in [0, 0.05) is 5.56 Å². The van der Waals surface area contributed by atoms with Crippen molar-refractivity contribution < 1.29 is 14.6 Å². The van der Waals surface area contributed by atoms with Crippen molar-refractivity contribution in [3.05, 3.63) is 29.8 Å². The summed E-state index contributed by atoms with van der Waals surface area (Å²) in [6, 6.07) is 6.82. The summed E-state index contributed by atoms with van der Waals surface area (Å²) >= 11 is 0. The Balaban J connectivity index is 2.68. The van der Waals surface area contributed by atoms with Crippen LogP contribution in [0.2, 0.25) is 0 Å². The number of ketones is 1. The van der Waals surface area contributed by atoms with E-state index in [4.69, 9.17) is 9.84 Å². The molecule has 1 unspecified atom stereocenters. The van der Waals surface area contributed by atoms with Crippen LogP contribution in [-0.2, 0) is 0 Å². The van der Waals surface area contributed by atoms with Crippen molar-refractivity contribution in [1.29, 1.82) is 0 Å². The Kier molecular flexibility index (Phi) is 4.31. The fourth-order valence-corrected chi connectivity index (χ4v) is 1.18. The molecule has 1 rings (SSSR count). The normalized spacial score (nSPS) is 12.2. The van der Waals surface area contributed by atoms with E-state index in [9.17, 15) is 4.79 Å². The standard InChI is InChI=1S/C12H16O3/c1-3-8-15-11-6-4-10(5-7-11)12(14)9(2)13/h4-7,9,13H,3,8H2,1-2H3. The van der Waals surface area contributed by atoms with E-state index in [2.05, 4.69) is 0 Å². The number of Topliss-reactive ketones (excluding diaryl/α,β-unsaturated/α-hetero) is 1. The molecular formula is C12H16O3. The maximum Gasteiger partial charge on any atom is 0.190 e. The number of aliphatic hydroxyl groups excluding tert-OH is 1. The highest BCUT2D eigenvalue weighted by molar-refractivity contribution is 5.99. The minimum Gasteiger partial charge on any atom is -0.494 e. The van der Waals surface area contributed by atoms with Crippen molar-refractivity contribution >= 4 is 5.78 Å². The van der Waals surface area contributed by atoms with Crippen molar-refractivity contribution in [3.63, 3.8) is 0 Å². The first-order valence-corrected chi connectivity index (χ1v) is 5.10. The zero-order valence-electron chi connectivity index (χ0n) is 9.06. The summed E-state index contributed by atoms with van der Waals surface area (Å²) in [4.78, 5) is 11.4. The zero-order valence-corrected chi connectivity index (χ0v) is 9.06. The van der Waals surface area contributed by atoms with Crippen molar-refractivity contribution in [3.8, 4) is 5.75 Å². The molecule has 0 amide bonds. The van der Waals surface area contributed by atoms with Gasteiger partial charge in [0.25, 0.3) is 0 Å². The van der Waals surface area contributed by atoms with Gasteiger partial charge in [0.15, 0.2) is 5.78 Å². The van der Waals surface area contributed by atoms with Crippen molar-refractivity contribution in [2.75, 3.05) is 6.61 Å². The molecule has 0 aromatic heterocycles. The summed E-state index contributed by atoms with van der Waals surface area (Å²) in [5.41, 5.74) is 0.508. The Hall–Kier alpha value is -1.35. The molecule has 1 N–H and O–H groups in total. The Bertz CT molecular complexity index is 314. The van der Waals surface area contributed by atoms with Crippen molar-refractivity contribution in [2.45, 2.75) is 26.4 Å². The predicted molar refractivity (Wildman–Crippen MR) is 58.2 cm³/mol. The number of hydrogen-bond acceptors (Lipinski definition) is 3. The lowest BCUT2D eigenvalue weighted by Crippen LogP contribution is -2.15. The first-order chi connectivity index (χ1) is 7.15. The van der Waals surface area contributed by atoms with Crippen molar-refractivity contribution in [1.82, 2.24) is 0 Å². The second kappa shape index (κ2) is 5.51. The number of carbonyl (C=O) groups is 1. The van der Waals surface area contributed by atoms with E-state index in [-0.39, 0.29) is 5.78 Å². The molecule has 3 nitrogen and oxygen atoms in total. The van der Waals surface area contributed by atoms with Crippen LogP contribution in [0.4, 0.5) is 0 Å². The summed E-state index contributed by atoms with van der Waals surface area (Å²) in [6.45, 7) is 4.17. The van der Waals surface area contributed by atoms with Gasteiger partial charge in [0.05, 0.1) is 6.61 Å². The van der Waals surface area contributed by atoms with Gasteiger partial charge in [-0.3, -0.25) is 4.79 Å². The lowest BCUT2D eigenvalue weighted by molar-refractivity contribution is 0.0779. The van der Waals surface area contributed by atoms with Gasteiger partial charge >= 0.3 is 0 Å². The van der Waals surface area contributed by atoms with Crippen LogP contribution in [0, 0.1) is 0 Å². The maximum atomic E-state index is 11.4. The van der Waals surface area contributed by atoms with Gasteiger partial charge in [-0.1, -0.05) is 6.92 Å². The van der Waals surface area contributed by atoms with Gasteiger partial charge in [0.1, 0.15) is 11.9 Å². The Labute approximate surface area is 89.7 Å². The molecule has 0 aliphatic heterocycles. The topological polar surface area (TPSA) is 46.5 Å². The number of carbonyl (C=O) groups excluding carboxylic acids is 1. The van der Waals surface area contributed by atoms with E-state index >= 15 is 0 Å². The van der Waals surface area contributed by atoms with Crippen LogP contribution in [0.1, 0.15) is 30.6 Å². The van der Waals surface area contributed by atoms with E-state index in [1.165, 1.54) is 6.92 Å². The molecule has 0 spiro atoms. The highest BCUT2D eigenvalue weighted by Gasteiger charge is 2.11. The van der Waals surface area contributed by atoms with E-state index in [1.54, 1.807) is 24.3 Å². The van der Waals surface area contributed by atoms with Crippen LogP contribution in [0.3, 0.4) is 0 Å². The SMILES string of the molecule is CCCOc1ccc(C(=O)C(C)O)cc1. The molecular weight excluding hydrogens is 192 g/mol. The third-order valence-corrected chi connectivity index (χ3v) is 1.99. The molecule has 0 saturated heterocycles. The summed E-state index contributed by atoms with van der Waals surface area (Å²) in [6.07, 6.45) is 0.00126. The van der Waals surface area contributed by atoms with Crippen LogP contribution in [0.5, 0.6) is 5.75 Å². The fraction of sp³-hybridized carbons (Fsp3) is 0.417. The predicted octanol–water partition coefficient (Wildman–Crippen LogP) is 2.04. The van der Waals surface area contributed by atoms with Crippen LogP contribution >= 0.6 is 0 Å². The summed E-state index contributed by atoms with van der Waals surface area (Å²) in [5.74, 6) is 0.482. The second-order valence-corrected chi connectivity index (χ2v) is 3.41. The molecule has 0 saturated carbocycles. The molecule has 1 aromatic rings. The highest BCUT2D eigenvalue weighted by atomic mass is 16.5. The van der Waals surface area contributed by atoms with Gasteiger partial charge in [0.2, 0.25) is 0 Å². The largest absolute Gasteiger partial charge is 0.494 e. The minimum atomic E-state index is -0.951. The van der Waals surface area contributed by atoms with Crippen LogP contribution in [0.25, 0.3) is 0 Å². The second-order valence-electron chi connectivity index (χ2n) is 3.41. The first kappa shape index (κ1) is 11.7. The molecule has 3 heteroatoms. The molecule has 15 heavy (non-hydrogen) atoms. The number of hydrogen-bond donors (Lipinski definition) is 1. The number of benzene rings is 1. The number of aliphatic hydroxyl groups is 1. The highest BCUT2D eigenvalue weighted by Crippen LogP contribution is 2.13. The third kappa shape index (κ3) is 3.36. The molecule has 0 bridgehead atoms. The van der Waals surface area contributed by atoms with Gasteiger partial charge in [-0.2, -0.15) is 0 Å². The van der Waals surface area contributed by atoms with E-state index in [1.807, 2.05) is 6.92 Å². The van der Waals surface area contributed by atoms with E-state index in [0.717, 1.165) is 12.2 Å². The molecule has 0 fully saturated rings. The molecule has 0 aliphatic carbocycles. The summed E-state index contributed by atoms with van der Waals surface area (Å²) < 4.78 is 5.38. The molecule has 1 aromatic carbocycles. The average molecular weight is 208 g/mol. The maximum absolute atomic E-state index is 11.4. The van der Waals surface area contributed by atoms with Gasteiger partial charge in [-0.05, 0) is 37.6 Å². The van der Waals surface area contributed by atoms with Crippen LogP contribution < -0.4 is 4.74 Å². The van der Waals surface area contributed by atoms with Crippen LogP contribution in [-0.4, -0.2) is 23.6 Å². The summed E-state index contributed by atoms with van der Waals surface area (Å²) in [5, 5.41) is 9.10. The van der Waals surface area contributed by atoms with Gasteiger partial charge < -0.3 is 9.84 Å².